The molecule has 1 saturated carbocycles. The predicted octanol–water partition coefficient (Wildman–Crippen LogP) is 2.85. The molecule has 0 aromatic carbocycles. The van der Waals surface area contributed by atoms with Crippen molar-refractivity contribution < 1.29 is 9.72 Å². The van der Waals surface area contributed by atoms with Crippen molar-refractivity contribution in [3.8, 4) is 0 Å². The second-order valence-electron chi connectivity index (χ2n) is 5.10. The Morgan fingerprint density at radius 2 is 2.33 bits per heavy atom. The van der Waals surface area contributed by atoms with Gasteiger partial charge in [-0.2, -0.15) is 0 Å². The largest absolute Gasteiger partial charge is 0.355 e. The van der Waals surface area contributed by atoms with Crippen molar-refractivity contribution in [2.24, 2.45) is 5.92 Å². The number of rotatable bonds is 3. The zero-order valence-corrected chi connectivity index (χ0v) is 10.9. The Balaban J connectivity index is 2.00. The van der Waals surface area contributed by atoms with Crippen LogP contribution in [-0.4, -0.2) is 23.3 Å². The normalized spacial score (nSPS) is 25.7. The monoisotopic (exact) mass is 266 g/mol. The van der Waals surface area contributed by atoms with Gasteiger partial charge >= 0.3 is 5.69 Å². The van der Waals surface area contributed by atoms with E-state index in [4.69, 9.17) is 0 Å². The van der Waals surface area contributed by atoms with E-state index in [1.165, 1.54) is 30.7 Å². The number of carbonyl (C=O) groups is 1. The van der Waals surface area contributed by atoms with Crippen molar-refractivity contribution in [2.45, 2.75) is 32.2 Å². The molecule has 2 aliphatic rings. The van der Waals surface area contributed by atoms with E-state index in [1.807, 2.05) is 0 Å². The number of hydrogen-bond acceptors (Lipinski definition) is 5. The summed E-state index contributed by atoms with van der Waals surface area (Å²) in [7, 11) is 0. The lowest BCUT2D eigenvalue weighted by Crippen LogP contribution is -2.31. The van der Waals surface area contributed by atoms with Crippen LogP contribution >= 0.6 is 11.3 Å². The molecule has 2 bridgehead atoms. The number of carbonyl (C=O) groups excluding carboxylic acids is 1. The number of piperidine rings is 1. The number of thiophene rings is 1. The first-order valence-electron chi connectivity index (χ1n) is 6.12. The van der Waals surface area contributed by atoms with E-state index in [-0.39, 0.29) is 16.4 Å². The molecular formula is C12H14N2O3S. The van der Waals surface area contributed by atoms with E-state index in [9.17, 15) is 14.9 Å². The molecule has 2 heterocycles. The number of fused-ring (bicyclic) bond motifs is 2. The van der Waals surface area contributed by atoms with Crippen LogP contribution < -0.4 is 4.90 Å². The lowest BCUT2D eigenvalue weighted by atomic mass is 10.1. The molecule has 96 valence electrons. The summed E-state index contributed by atoms with van der Waals surface area (Å²) in [4.78, 5) is 24.7. The van der Waals surface area contributed by atoms with Gasteiger partial charge in [-0.25, -0.2) is 0 Å². The molecule has 1 aliphatic heterocycles. The van der Waals surface area contributed by atoms with Crippen LogP contribution in [0.4, 0.5) is 10.7 Å². The summed E-state index contributed by atoms with van der Waals surface area (Å²) in [6.07, 6.45) is 3.50. The summed E-state index contributed by atoms with van der Waals surface area (Å²) in [5.74, 6) is 0.580. The average molecular weight is 266 g/mol. The van der Waals surface area contributed by atoms with Crippen LogP contribution in [0.15, 0.2) is 6.07 Å². The van der Waals surface area contributed by atoms with Gasteiger partial charge in [0.15, 0.2) is 10.8 Å². The minimum Gasteiger partial charge on any atom is -0.355 e. The third kappa shape index (κ3) is 1.71. The van der Waals surface area contributed by atoms with Gasteiger partial charge in [0.1, 0.15) is 0 Å². The average Bonchev–Trinajstić information content (AvgIpc) is 3.02. The quantitative estimate of drug-likeness (QED) is 0.479. The summed E-state index contributed by atoms with van der Waals surface area (Å²) < 4.78 is 0. The Bertz CT molecular complexity index is 525. The van der Waals surface area contributed by atoms with Gasteiger partial charge in [-0.1, -0.05) is 0 Å². The molecule has 18 heavy (non-hydrogen) atoms. The number of nitro groups is 1. The van der Waals surface area contributed by atoms with Gasteiger partial charge in [0.05, 0.1) is 9.80 Å². The maximum atomic E-state index is 11.4. The molecule has 6 heteroatoms. The van der Waals surface area contributed by atoms with E-state index in [0.717, 1.165) is 19.4 Å². The second-order valence-corrected chi connectivity index (χ2v) is 6.13. The van der Waals surface area contributed by atoms with E-state index >= 15 is 0 Å². The molecule has 3 rings (SSSR count). The fourth-order valence-electron chi connectivity index (χ4n) is 3.06. The third-order valence-electron chi connectivity index (χ3n) is 3.91. The molecule has 2 atom stereocenters. The van der Waals surface area contributed by atoms with Crippen LogP contribution in [0.5, 0.6) is 0 Å². The maximum Gasteiger partial charge on any atom is 0.304 e. The summed E-state index contributed by atoms with van der Waals surface area (Å²) in [5.41, 5.74) is 0.0951. The van der Waals surface area contributed by atoms with Gasteiger partial charge in [-0.05, 0) is 32.1 Å². The van der Waals surface area contributed by atoms with Gasteiger partial charge in [0.25, 0.3) is 0 Å². The Morgan fingerprint density at radius 3 is 2.83 bits per heavy atom. The highest BCUT2D eigenvalue weighted by molar-refractivity contribution is 7.18. The highest BCUT2D eigenvalue weighted by atomic mass is 32.1. The number of Topliss-reactive ketones (excluding diaryl/α,β-unsaturated/α-hetero) is 1. The Labute approximate surface area is 109 Å². The molecule has 1 saturated heterocycles. The van der Waals surface area contributed by atoms with Gasteiger partial charge < -0.3 is 4.90 Å². The van der Waals surface area contributed by atoms with Gasteiger partial charge in [0, 0.05) is 18.7 Å². The van der Waals surface area contributed by atoms with Crippen LogP contribution in [0.2, 0.25) is 0 Å². The summed E-state index contributed by atoms with van der Waals surface area (Å²) >= 11 is 1.27. The number of ketones is 1. The Hall–Kier alpha value is -1.43. The molecule has 0 N–H and O–H groups in total. The van der Waals surface area contributed by atoms with Crippen LogP contribution in [0, 0.1) is 16.0 Å². The first-order valence-corrected chi connectivity index (χ1v) is 6.93. The molecule has 0 amide bonds. The highest BCUT2D eigenvalue weighted by Crippen LogP contribution is 2.46. The minimum atomic E-state index is -0.371. The Kier molecular flexibility index (Phi) is 2.62. The van der Waals surface area contributed by atoms with E-state index in [0.29, 0.717) is 21.8 Å². The summed E-state index contributed by atoms with van der Waals surface area (Å²) in [6.45, 7) is 2.36. The first kappa shape index (κ1) is 11.6. The van der Waals surface area contributed by atoms with Gasteiger partial charge in [-0.15, -0.1) is 11.3 Å². The van der Waals surface area contributed by atoms with E-state index < -0.39 is 0 Å². The lowest BCUT2D eigenvalue weighted by molar-refractivity contribution is -0.383. The summed E-state index contributed by atoms with van der Waals surface area (Å²) in [5, 5.41) is 11.8. The molecular weight excluding hydrogens is 252 g/mol. The predicted molar refractivity (Wildman–Crippen MR) is 69.5 cm³/mol. The zero-order valence-electron chi connectivity index (χ0n) is 10.1. The molecule has 2 unspecified atom stereocenters. The lowest BCUT2D eigenvalue weighted by Gasteiger charge is -2.26. The van der Waals surface area contributed by atoms with Gasteiger partial charge in [-0.3, -0.25) is 14.9 Å². The highest BCUT2D eigenvalue weighted by Gasteiger charge is 2.41. The van der Waals surface area contributed by atoms with Crippen molar-refractivity contribution in [1.29, 1.82) is 0 Å². The van der Waals surface area contributed by atoms with E-state index in [2.05, 4.69) is 4.90 Å². The third-order valence-corrected chi connectivity index (χ3v) is 5.17. The molecule has 1 aliphatic carbocycles. The van der Waals surface area contributed by atoms with Crippen molar-refractivity contribution >= 4 is 27.8 Å². The number of anilines is 1. The number of nitrogens with zero attached hydrogens (tertiary/aromatic N) is 2. The Morgan fingerprint density at radius 1 is 1.56 bits per heavy atom. The minimum absolute atomic E-state index is 0.0951. The molecule has 0 spiro atoms. The first-order chi connectivity index (χ1) is 8.56. The second kappa shape index (κ2) is 4.05. The molecule has 1 aromatic rings. The van der Waals surface area contributed by atoms with Crippen LogP contribution in [-0.2, 0) is 0 Å². The van der Waals surface area contributed by atoms with Crippen molar-refractivity contribution in [2.75, 3.05) is 11.4 Å². The standard InChI is InChI=1S/C12H14N2O3S/c1-7(15)11-5-10(14(16)17)12(18-11)13-6-8-2-3-9(13)4-8/h5,8-9H,2-4,6H2,1H3. The fraction of sp³-hybridized carbons (Fsp3) is 0.583. The zero-order chi connectivity index (χ0) is 12.9. The van der Waals surface area contributed by atoms with E-state index in [1.54, 1.807) is 0 Å². The SMILES string of the molecule is CC(=O)c1cc([N+](=O)[O-])c(N2CC3CCC2C3)s1. The van der Waals surface area contributed by atoms with Crippen LogP contribution in [0.25, 0.3) is 0 Å². The molecule has 0 radical (unpaired) electrons. The molecule has 2 fully saturated rings. The van der Waals surface area contributed by atoms with Crippen molar-refractivity contribution in [1.82, 2.24) is 0 Å². The maximum absolute atomic E-state index is 11.4. The van der Waals surface area contributed by atoms with Gasteiger partial charge in [0.2, 0.25) is 0 Å². The topological polar surface area (TPSA) is 63.4 Å². The molecule has 1 aromatic heterocycles. The summed E-state index contributed by atoms with van der Waals surface area (Å²) in [6, 6.07) is 1.86. The van der Waals surface area contributed by atoms with Crippen LogP contribution in [0.1, 0.15) is 35.9 Å². The molecule has 5 nitrogen and oxygen atoms in total. The van der Waals surface area contributed by atoms with Crippen molar-refractivity contribution in [3.63, 3.8) is 0 Å². The fourth-order valence-corrected chi connectivity index (χ4v) is 4.16. The smallest absolute Gasteiger partial charge is 0.304 e. The van der Waals surface area contributed by atoms with Crippen molar-refractivity contribution in [3.05, 3.63) is 21.1 Å². The van der Waals surface area contributed by atoms with Crippen LogP contribution in [0.3, 0.4) is 0 Å². The number of hydrogen-bond donors (Lipinski definition) is 0.